The average molecular weight is 295 g/mol. The van der Waals surface area contributed by atoms with Gasteiger partial charge in [-0.05, 0) is 39.3 Å². The number of likely N-dealkylation sites (tertiary alicyclic amines) is 1. The van der Waals surface area contributed by atoms with Crippen LogP contribution in [0.25, 0.3) is 0 Å². The molecule has 1 unspecified atom stereocenters. The third-order valence-corrected chi connectivity index (χ3v) is 4.49. The zero-order chi connectivity index (χ0) is 14.4. The van der Waals surface area contributed by atoms with Gasteiger partial charge >= 0.3 is 0 Å². The molecule has 1 aliphatic rings. The van der Waals surface area contributed by atoms with Crippen molar-refractivity contribution < 1.29 is 0 Å². The van der Waals surface area contributed by atoms with Gasteiger partial charge in [-0.1, -0.05) is 0 Å². The fourth-order valence-electron chi connectivity index (χ4n) is 2.54. The number of thiazole rings is 1. The second-order valence-electron chi connectivity index (χ2n) is 5.44. The predicted molar refractivity (Wildman–Crippen MR) is 85.3 cm³/mol. The second-order valence-corrected chi connectivity index (χ2v) is 6.76. The van der Waals surface area contributed by atoms with Crippen molar-refractivity contribution in [3.8, 4) is 0 Å². The van der Waals surface area contributed by atoms with Crippen LogP contribution >= 0.6 is 11.3 Å². The summed E-state index contributed by atoms with van der Waals surface area (Å²) in [5, 5.41) is 7.85. The van der Waals surface area contributed by atoms with Gasteiger partial charge in [0.2, 0.25) is 0 Å². The quantitative estimate of drug-likeness (QED) is 0.652. The van der Waals surface area contributed by atoms with Crippen molar-refractivity contribution in [2.24, 2.45) is 10.9 Å². The van der Waals surface area contributed by atoms with Gasteiger partial charge in [0.1, 0.15) is 5.01 Å². The predicted octanol–water partition coefficient (Wildman–Crippen LogP) is 1.46. The zero-order valence-electron chi connectivity index (χ0n) is 12.6. The van der Waals surface area contributed by atoms with Crippen LogP contribution in [0.2, 0.25) is 0 Å². The molecule has 2 N–H and O–H groups in total. The monoisotopic (exact) mass is 295 g/mol. The molecule has 1 aliphatic heterocycles. The Bertz CT molecular complexity index is 443. The highest BCUT2D eigenvalue weighted by atomic mass is 32.1. The standard InChI is InChI=1S/C14H25N5S/c1-11-7-16-13(20-11)9-18-14(15-2)17-8-12-5-4-6-19(3)10-12/h7,12H,4-6,8-10H2,1-3H3,(H2,15,17,18). The van der Waals surface area contributed by atoms with Crippen molar-refractivity contribution in [1.29, 1.82) is 0 Å². The maximum atomic E-state index is 4.35. The number of aliphatic imine (C=N–C) groups is 1. The van der Waals surface area contributed by atoms with E-state index in [0.717, 1.165) is 30.0 Å². The summed E-state index contributed by atoms with van der Waals surface area (Å²) < 4.78 is 0. The Hall–Kier alpha value is -1.14. The highest BCUT2D eigenvalue weighted by Gasteiger charge is 2.17. The lowest BCUT2D eigenvalue weighted by atomic mass is 9.99. The first-order valence-corrected chi connectivity index (χ1v) is 8.03. The van der Waals surface area contributed by atoms with Crippen molar-refractivity contribution in [1.82, 2.24) is 20.5 Å². The van der Waals surface area contributed by atoms with Crippen LogP contribution in [0.1, 0.15) is 22.7 Å². The van der Waals surface area contributed by atoms with Crippen molar-refractivity contribution in [3.05, 3.63) is 16.1 Å². The molecule has 5 nitrogen and oxygen atoms in total. The molecule has 6 heteroatoms. The summed E-state index contributed by atoms with van der Waals surface area (Å²) in [6.45, 7) is 6.21. The van der Waals surface area contributed by atoms with Crippen LogP contribution in [0.3, 0.4) is 0 Å². The summed E-state index contributed by atoms with van der Waals surface area (Å²) in [6.07, 6.45) is 4.52. The Kier molecular flexibility index (Phi) is 5.79. The van der Waals surface area contributed by atoms with Crippen LogP contribution in [-0.4, -0.2) is 49.6 Å². The Morgan fingerprint density at radius 2 is 2.40 bits per heavy atom. The number of rotatable bonds is 4. The van der Waals surface area contributed by atoms with E-state index < -0.39 is 0 Å². The Balaban J connectivity index is 1.72. The van der Waals surface area contributed by atoms with E-state index in [0.29, 0.717) is 0 Å². The fraction of sp³-hybridized carbons (Fsp3) is 0.714. The topological polar surface area (TPSA) is 52.6 Å². The summed E-state index contributed by atoms with van der Waals surface area (Å²) in [4.78, 5) is 12.3. The summed E-state index contributed by atoms with van der Waals surface area (Å²) in [5.74, 6) is 1.58. The van der Waals surface area contributed by atoms with Crippen LogP contribution in [0, 0.1) is 12.8 Å². The molecule has 2 heterocycles. The lowest BCUT2D eigenvalue weighted by Gasteiger charge is -2.30. The van der Waals surface area contributed by atoms with Crippen molar-refractivity contribution >= 4 is 17.3 Å². The molecular weight excluding hydrogens is 270 g/mol. The number of aromatic nitrogens is 1. The minimum Gasteiger partial charge on any atom is -0.356 e. The molecule has 0 bridgehead atoms. The first-order valence-electron chi connectivity index (χ1n) is 7.21. The number of guanidine groups is 1. The summed E-state index contributed by atoms with van der Waals surface area (Å²) >= 11 is 1.72. The molecule has 0 saturated carbocycles. The lowest BCUT2D eigenvalue weighted by molar-refractivity contribution is 0.210. The Morgan fingerprint density at radius 1 is 1.55 bits per heavy atom. The van der Waals surface area contributed by atoms with Gasteiger partial charge in [0.15, 0.2) is 5.96 Å². The van der Waals surface area contributed by atoms with Gasteiger partial charge in [0.25, 0.3) is 0 Å². The Morgan fingerprint density at radius 3 is 3.05 bits per heavy atom. The molecule has 2 rings (SSSR count). The average Bonchev–Trinajstić information content (AvgIpc) is 2.85. The Labute approximate surface area is 125 Å². The zero-order valence-corrected chi connectivity index (χ0v) is 13.5. The van der Waals surface area contributed by atoms with E-state index in [1.54, 1.807) is 11.3 Å². The maximum absolute atomic E-state index is 4.35. The van der Waals surface area contributed by atoms with E-state index in [-0.39, 0.29) is 0 Å². The van der Waals surface area contributed by atoms with Gasteiger partial charge in [-0.25, -0.2) is 4.98 Å². The maximum Gasteiger partial charge on any atom is 0.191 e. The number of hydrogen-bond donors (Lipinski definition) is 2. The molecule has 0 amide bonds. The number of piperidine rings is 1. The highest BCUT2D eigenvalue weighted by Crippen LogP contribution is 2.14. The smallest absolute Gasteiger partial charge is 0.191 e. The van der Waals surface area contributed by atoms with Crippen LogP contribution in [0.4, 0.5) is 0 Å². The first kappa shape index (κ1) is 15.3. The van der Waals surface area contributed by atoms with Crippen LogP contribution in [0.15, 0.2) is 11.2 Å². The van der Waals surface area contributed by atoms with E-state index in [2.05, 4.69) is 39.5 Å². The molecule has 0 aromatic carbocycles. The fourth-order valence-corrected chi connectivity index (χ4v) is 3.27. The molecule has 0 spiro atoms. The summed E-state index contributed by atoms with van der Waals surface area (Å²) in [7, 11) is 4.01. The van der Waals surface area contributed by atoms with E-state index in [9.17, 15) is 0 Å². The van der Waals surface area contributed by atoms with E-state index in [1.165, 1.54) is 30.8 Å². The van der Waals surface area contributed by atoms with Gasteiger partial charge in [-0.2, -0.15) is 0 Å². The highest BCUT2D eigenvalue weighted by molar-refractivity contribution is 7.11. The minimum atomic E-state index is 0.717. The largest absolute Gasteiger partial charge is 0.356 e. The minimum absolute atomic E-state index is 0.717. The summed E-state index contributed by atoms with van der Waals surface area (Å²) in [6, 6.07) is 0. The molecule has 1 aromatic rings. The number of nitrogens with zero attached hydrogens (tertiary/aromatic N) is 3. The van der Waals surface area contributed by atoms with E-state index in [4.69, 9.17) is 0 Å². The van der Waals surface area contributed by atoms with Crippen molar-refractivity contribution in [2.45, 2.75) is 26.3 Å². The molecule has 112 valence electrons. The van der Waals surface area contributed by atoms with E-state index >= 15 is 0 Å². The molecule has 20 heavy (non-hydrogen) atoms. The van der Waals surface area contributed by atoms with Crippen LogP contribution in [0.5, 0.6) is 0 Å². The molecule has 1 aromatic heterocycles. The normalized spacial score (nSPS) is 20.9. The van der Waals surface area contributed by atoms with Gasteiger partial charge in [-0.15, -0.1) is 11.3 Å². The molecule has 1 fully saturated rings. The van der Waals surface area contributed by atoms with Gasteiger partial charge in [0.05, 0.1) is 6.54 Å². The van der Waals surface area contributed by atoms with Gasteiger partial charge in [0, 0.05) is 31.2 Å². The first-order chi connectivity index (χ1) is 9.67. The molecule has 1 atom stereocenters. The molecule has 1 saturated heterocycles. The van der Waals surface area contributed by atoms with Crippen LogP contribution in [-0.2, 0) is 6.54 Å². The molecule has 0 aliphatic carbocycles. The summed E-state index contributed by atoms with van der Waals surface area (Å²) in [5.41, 5.74) is 0. The van der Waals surface area contributed by atoms with Gasteiger partial charge < -0.3 is 15.5 Å². The molecule has 0 radical (unpaired) electrons. The van der Waals surface area contributed by atoms with Crippen LogP contribution < -0.4 is 10.6 Å². The van der Waals surface area contributed by atoms with Gasteiger partial charge in [-0.3, -0.25) is 4.99 Å². The SMILES string of the molecule is CN=C(NCc1ncc(C)s1)NCC1CCCN(C)C1. The van der Waals surface area contributed by atoms with Crippen molar-refractivity contribution in [3.63, 3.8) is 0 Å². The number of nitrogens with one attached hydrogen (secondary N) is 2. The number of aryl methyl sites for hydroxylation is 1. The lowest BCUT2D eigenvalue weighted by Crippen LogP contribution is -2.43. The van der Waals surface area contributed by atoms with E-state index in [1.807, 2.05) is 13.2 Å². The van der Waals surface area contributed by atoms with Crippen molar-refractivity contribution in [2.75, 3.05) is 33.7 Å². The second kappa shape index (κ2) is 7.59. The third-order valence-electron chi connectivity index (χ3n) is 3.58. The number of hydrogen-bond acceptors (Lipinski definition) is 4. The molecular formula is C14H25N5S. The third kappa shape index (κ3) is 4.76.